The van der Waals surface area contributed by atoms with Crippen LogP contribution < -0.4 is 5.73 Å². The first kappa shape index (κ1) is 13.9. The number of nitrogens with zero attached hydrogens (tertiary/aromatic N) is 1. The third-order valence-electron chi connectivity index (χ3n) is 4.13. The second-order valence-electron chi connectivity index (χ2n) is 5.17. The van der Waals surface area contributed by atoms with E-state index in [0.717, 1.165) is 6.42 Å². The summed E-state index contributed by atoms with van der Waals surface area (Å²) in [6.45, 7) is 2.28. The van der Waals surface area contributed by atoms with Gasteiger partial charge in [0.2, 0.25) is 0 Å². The average molecular weight is 264 g/mol. The first-order valence-electron chi connectivity index (χ1n) is 6.74. The third kappa shape index (κ3) is 2.58. The molecule has 2 N–H and O–H groups in total. The number of rotatable bonds is 5. The maximum Gasteiger partial charge on any atom is 0.0369 e. The molecule has 0 aliphatic heterocycles. The predicted octanol–water partition coefficient (Wildman–Crippen LogP) is 3.20. The van der Waals surface area contributed by atoms with Crippen LogP contribution in [0.25, 0.3) is 0 Å². The summed E-state index contributed by atoms with van der Waals surface area (Å²) in [4.78, 5) is 2.53. The highest BCUT2D eigenvalue weighted by Gasteiger charge is 2.33. The molecule has 0 spiro atoms. The smallest absolute Gasteiger partial charge is 0.0369 e. The molecule has 0 heterocycles. The van der Waals surface area contributed by atoms with E-state index in [9.17, 15) is 0 Å². The summed E-state index contributed by atoms with van der Waals surface area (Å²) in [6.07, 6.45) is 4.44. The molecule has 0 fully saturated rings. The lowest BCUT2D eigenvalue weighted by Gasteiger charge is -2.32. The van der Waals surface area contributed by atoms with Crippen molar-refractivity contribution in [3.63, 3.8) is 0 Å². The molecule has 18 heavy (non-hydrogen) atoms. The zero-order chi connectivity index (χ0) is 13.1. The van der Waals surface area contributed by atoms with Crippen LogP contribution >= 0.6 is 11.8 Å². The highest BCUT2D eigenvalue weighted by atomic mass is 32.2. The van der Waals surface area contributed by atoms with E-state index in [-0.39, 0.29) is 6.04 Å². The lowest BCUT2D eigenvalue weighted by molar-refractivity contribution is 0.179. The van der Waals surface area contributed by atoms with Gasteiger partial charge in [0, 0.05) is 23.9 Å². The van der Waals surface area contributed by atoms with Crippen molar-refractivity contribution in [3.05, 3.63) is 35.4 Å². The predicted molar refractivity (Wildman–Crippen MR) is 81.0 cm³/mol. The first-order valence-corrected chi connectivity index (χ1v) is 8.13. The van der Waals surface area contributed by atoms with E-state index in [4.69, 9.17) is 5.73 Å². The highest BCUT2D eigenvalue weighted by Crippen LogP contribution is 2.41. The molecule has 1 aromatic rings. The van der Waals surface area contributed by atoms with Crippen molar-refractivity contribution in [1.82, 2.24) is 4.90 Å². The average Bonchev–Trinajstić information content (AvgIpc) is 2.73. The highest BCUT2D eigenvalue weighted by molar-refractivity contribution is 7.98. The molecule has 1 aliphatic rings. The Morgan fingerprint density at radius 2 is 2.06 bits per heavy atom. The molecule has 1 aliphatic carbocycles. The molecule has 2 nitrogen and oxygen atoms in total. The number of hydrogen-bond donors (Lipinski definition) is 1. The van der Waals surface area contributed by atoms with Crippen molar-refractivity contribution in [2.24, 2.45) is 5.73 Å². The fraction of sp³-hybridized carbons (Fsp3) is 0.600. The van der Waals surface area contributed by atoms with Crippen LogP contribution in [0.5, 0.6) is 0 Å². The quantitative estimate of drug-likeness (QED) is 0.885. The van der Waals surface area contributed by atoms with E-state index < -0.39 is 0 Å². The number of benzene rings is 1. The van der Waals surface area contributed by atoms with Gasteiger partial charge in [-0.3, -0.25) is 4.90 Å². The summed E-state index contributed by atoms with van der Waals surface area (Å²) in [6, 6.07) is 10.0. The van der Waals surface area contributed by atoms with Gasteiger partial charge >= 0.3 is 0 Å². The Kier molecular flexibility index (Phi) is 4.71. The Labute approximate surface area is 115 Å². The molecular weight excluding hydrogens is 240 g/mol. The van der Waals surface area contributed by atoms with Gasteiger partial charge in [-0.05, 0) is 37.3 Å². The van der Waals surface area contributed by atoms with Crippen molar-refractivity contribution in [3.8, 4) is 0 Å². The van der Waals surface area contributed by atoms with Crippen LogP contribution in [0.1, 0.15) is 43.0 Å². The van der Waals surface area contributed by atoms with Crippen molar-refractivity contribution in [2.75, 3.05) is 19.1 Å². The van der Waals surface area contributed by atoms with Gasteiger partial charge in [0.05, 0.1) is 0 Å². The van der Waals surface area contributed by atoms with Gasteiger partial charge in [-0.2, -0.15) is 11.8 Å². The summed E-state index contributed by atoms with van der Waals surface area (Å²) in [5, 5.41) is 0. The molecule has 2 rings (SSSR count). The standard InChI is InChI=1S/C15H24N2S/c1-4-11(10-18-3)17(2)15-9-14(16)12-7-5-6-8-13(12)15/h5-8,11,14-15H,4,9-10,16H2,1-3H3. The maximum absolute atomic E-state index is 6.26. The molecule has 0 aromatic heterocycles. The van der Waals surface area contributed by atoms with Crippen LogP contribution in [0, 0.1) is 0 Å². The number of fused-ring (bicyclic) bond motifs is 1. The van der Waals surface area contributed by atoms with Crippen LogP contribution in [0.4, 0.5) is 0 Å². The zero-order valence-corrected chi connectivity index (χ0v) is 12.4. The molecule has 1 aromatic carbocycles. The molecule has 3 unspecified atom stereocenters. The Bertz CT molecular complexity index is 394. The van der Waals surface area contributed by atoms with E-state index in [0.29, 0.717) is 12.1 Å². The van der Waals surface area contributed by atoms with E-state index in [1.165, 1.54) is 23.3 Å². The molecule has 3 heteroatoms. The Morgan fingerprint density at radius 1 is 1.39 bits per heavy atom. The van der Waals surface area contributed by atoms with E-state index in [1.807, 2.05) is 11.8 Å². The van der Waals surface area contributed by atoms with Gasteiger partial charge in [-0.1, -0.05) is 31.2 Å². The first-order chi connectivity index (χ1) is 8.69. The van der Waals surface area contributed by atoms with Gasteiger partial charge in [0.1, 0.15) is 0 Å². The number of nitrogens with two attached hydrogens (primary N) is 1. The lowest BCUT2D eigenvalue weighted by atomic mass is 10.1. The van der Waals surface area contributed by atoms with Gasteiger partial charge in [-0.25, -0.2) is 0 Å². The molecule has 3 atom stereocenters. The monoisotopic (exact) mass is 264 g/mol. The van der Waals surface area contributed by atoms with Crippen LogP contribution in [-0.2, 0) is 0 Å². The zero-order valence-electron chi connectivity index (χ0n) is 11.6. The summed E-state index contributed by atoms with van der Waals surface area (Å²) in [7, 11) is 2.25. The van der Waals surface area contributed by atoms with Crippen molar-refractivity contribution in [2.45, 2.75) is 37.9 Å². The third-order valence-corrected chi connectivity index (χ3v) is 4.85. The molecule has 0 saturated carbocycles. The normalized spacial score (nSPS) is 24.3. The Balaban J connectivity index is 2.20. The minimum absolute atomic E-state index is 0.209. The minimum atomic E-state index is 0.209. The Morgan fingerprint density at radius 3 is 2.67 bits per heavy atom. The van der Waals surface area contributed by atoms with Crippen LogP contribution in [-0.4, -0.2) is 30.0 Å². The van der Waals surface area contributed by atoms with Gasteiger partial charge < -0.3 is 5.73 Å². The molecule has 100 valence electrons. The lowest BCUT2D eigenvalue weighted by Crippen LogP contribution is -2.36. The summed E-state index contributed by atoms with van der Waals surface area (Å²) >= 11 is 1.93. The second-order valence-corrected chi connectivity index (χ2v) is 6.08. The largest absolute Gasteiger partial charge is 0.324 e. The van der Waals surface area contributed by atoms with Gasteiger partial charge in [-0.15, -0.1) is 0 Å². The maximum atomic E-state index is 6.26. The molecule has 0 saturated heterocycles. The fourth-order valence-electron chi connectivity index (χ4n) is 3.00. The van der Waals surface area contributed by atoms with Crippen LogP contribution in [0.2, 0.25) is 0 Å². The van der Waals surface area contributed by atoms with Crippen LogP contribution in [0.15, 0.2) is 24.3 Å². The summed E-state index contributed by atoms with van der Waals surface area (Å²) < 4.78 is 0. The number of thioether (sulfide) groups is 1. The molecule has 0 radical (unpaired) electrons. The van der Waals surface area contributed by atoms with Crippen LogP contribution in [0.3, 0.4) is 0 Å². The van der Waals surface area contributed by atoms with E-state index in [2.05, 4.69) is 49.4 Å². The topological polar surface area (TPSA) is 29.3 Å². The Hall–Kier alpha value is -0.510. The minimum Gasteiger partial charge on any atom is -0.324 e. The van der Waals surface area contributed by atoms with Gasteiger partial charge in [0.15, 0.2) is 0 Å². The fourth-order valence-corrected chi connectivity index (χ4v) is 3.86. The number of hydrogen-bond acceptors (Lipinski definition) is 3. The summed E-state index contributed by atoms with van der Waals surface area (Å²) in [5.74, 6) is 1.20. The molecular formula is C15H24N2S. The molecule has 0 bridgehead atoms. The van der Waals surface area contributed by atoms with Gasteiger partial charge in [0.25, 0.3) is 0 Å². The van der Waals surface area contributed by atoms with Crippen molar-refractivity contribution < 1.29 is 0 Å². The second kappa shape index (κ2) is 6.09. The van der Waals surface area contributed by atoms with E-state index >= 15 is 0 Å². The SMILES string of the molecule is CCC(CSC)N(C)C1CC(N)c2ccccc21. The summed E-state index contributed by atoms with van der Waals surface area (Å²) in [5.41, 5.74) is 9.04. The molecule has 0 amide bonds. The van der Waals surface area contributed by atoms with Crippen molar-refractivity contribution in [1.29, 1.82) is 0 Å². The van der Waals surface area contributed by atoms with E-state index in [1.54, 1.807) is 0 Å². The van der Waals surface area contributed by atoms with Crippen molar-refractivity contribution >= 4 is 11.8 Å².